The van der Waals surface area contributed by atoms with Crippen molar-refractivity contribution in [3.63, 3.8) is 0 Å². The number of allylic oxidation sites excluding steroid dienone is 1. The van der Waals surface area contributed by atoms with Gasteiger partial charge in [-0.3, -0.25) is 4.79 Å². The van der Waals surface area contributed by atoms with Crippen LogP contribution in [-0.4, -0.2) is 18.5 Å². The van der Waals surface area contributed by atoms with E-state index in [0.717, 1.165) is 29.4 Å². The molecule has 0 aliphatic heterocycles. The van der Waals surface area contributed by atoms with Gasteiger partial charge in [-0.2, -0.15) is 0 Å². The average molecular weight is 296 g/mol. The summed E-state index contributed by atoms with van der Waals surface area (Å²) in [6.45, 7) is 0. The van der Waals surface area contributed by atoms with E-state index in [1.165, 1.54) is 31.3 Å². The molecule has 1 spiro atoms. The first-order valence-corrected chi connectivity index (χ1v) is 8.25. The Morgan fingerprint density at radius 2 is 2.14 bits per heavy atom. The van der Waals surface area contributed by atoms with Crippen molar-refractivity contribution in [2.24, 2.45) is 29.1 Å². The number of aldehydes is 1. The molecule has 1 aromatic rings. The van der Waals surface area contributed by atoms with Crippen LogP contribution in [0.4, 0.5) is 0 Å². The van der Waals surface area contributed by atoms with E-state index in [1.807, 2.05) is 0 Å². The van der Waals surface area contributed by atoms with Gasteiger partial charge in [0.15, 0.2) is 6.29 Å². The van der Waals surface area contributed by atoms with Gasteiger partial charge in [0.2, 0.25) is 0 Å². The number of fused-ring (bicyclic) bond motifs is 1. The highest BCUT2D eigenvalue weighted by molar-refractivity contribution is 5.85. The smallest absolute Gasteiger partial charge is 0.150 e. The van der Waals surface area contributed by atoms with E-state index in [0.29, 0.717) is 22.8 Å². The number of methoxy groups -OCH3 is 1. The van der Waals surface area contributed by atoms with Crippen molar-refractivity contribution in [1.29, 1.82) is 0 Å². The van der Waals surface area contributed by atoms with Crippen LogP contribution in [-0.2, 0) is 4.74 Å². The first-order chi connectivity index (χ1) is 10.7. The van der Waals surface area contributed by atoms with Crippen molar-refractivity contribution >= 4 is 12.0 Å². The zero-order valence-electron chi connectivity index (χ0n) is 12.7. The van der Waals surface area contributed by atoms with Gasteiger partial charge in [-0.15, -0.1) is 0 Å². The molecule has 3 nitrogen and oxygen atoms in total. The molecule has 0 saturated heterocycles. The van der Waals surface area contributed by atoms with Crippen LogP contribution in [0, 0.1) is 29.1 Å². The van der Waals surface area contributed by atoms with E-state index in [-0.39, 0.29) is 5.75 Å². The number of hydrogen-bond donors (Lipinski definition) is 1. The molecule has 5 rings (SSSR count). The molecular formula is C19H20O3. The molecular weight excluding hydrogens is 276 g/mol. The molecule has 0 amide bonds. The summed E-state index contributed by atoms with van der Waals surface area (Å²) >= 11 is 0. The summed E-state index contributed by atoms with van der Waals surface area (Å²) < 4.78 is 5.78. The van der Waals surface area contributed by atoms with E-state index in [1.54, 1.807) is 25.3 Å². The average Bonchev–Trinajstić information content (AvgIpc) is 2.99. The zero-order chi connectivity index (χ0) is 15.1. The SMILES string of the molecule is COC(=C1C2CC3CC4CC1C34C2)c1cc(O)ccc1C=O. The molecule has 0 radical (unpaired) electrons. The second-order valence-electron chi connectivity index (χ2n) is 7.54. The monoisotopic (exact) mass is 296 g/mol. The van der Waals surface area contributed by atoms with Gasteiger partial charge in [0.1, 0.15) is 11.5 Å². The minimum absolute atomic E-state index is 0.185. The maximum Gasteiger partial charge on any atom is 0.150 e. The van der Waals surface area contributed by atoms with Gasteiger partial charge >= 0.3 is 0 Å². The molecule has 4 aliphatic carbocycles. The van der Waals surface area contributed by atoms with Crippen LogP contribution in [0.3, 0.4) is 0 Å². The minimum atomic E-state index is 0.185. The Morgan fingerprint density at radius 3 is 2.82 bits per heavy atom. The lowest BCUT2D eigenvalue weighted by atomic mass is 9.38. The molecule has 114 valence electrons. The van der Waals surface area contributed by atoms with Crippen molar-refractivity contribution in [1.82, 2.24) is 0 Å². The number of carbonyl (C=O) groups is 1. The molecule has 5 unspecified atom stereocenters. The number of hydrogen-bond acceptors (Lipinski definition) is 3. The van der Waals surface area contributed by atoms with Gasteiger partial charge < -0.3 is 9.84 Å². The molecule has 0 heterocycles. The molecule has 1 aromatic carbocycles. The summed E-state index contributed by atoms with van der Waals surface area (Å²) in [5.74, 6) is 4.21. The van der Waals surface area contributed by atoms with Gasteiger partial charge in [0.05, 0.1) is 7.11 Å². The molecule has 1 N–H and O–H groups in total. The fraction of sp³-hybridized carbons (Fsp3) is 0.526. The zero-order valence-corrected chi connectivity index (χ0v) is 12.7. The first-order valence-electron chi connectivity index (χ1n) is 8.25. The Bertz CT molecular complexity index is 719. The lowest BCUT2D eigenvalue weighted by Crippen LogP contribution is -2.60. The third-order valence-corrected chi connectivity index (χ3v) is 7.12. The van der Waals surface area contributed by atoms with Gasteiger partial charge in [-0.1, -0.05) is 0 Å². The minimum Gasteiger partial charge on any atom is -0.508 e. The van der Waals surface area contributed by atoms with Crippen LogP contribution < -0.4 is 0 Å². The highest BCUT2D eigenvalue weighted by atomic mass is 16.5. The molecule has 5 atom stereocenters. The topological polar surface area (TPSA) is 46.5 Å². The number of ether oxygens (including phenoxy) is 1. The third-order valence-electron chi connectivity index (χ3n) is 7.12. The first kappa shape index (κ1) is 12.7. The fourth-order valence-electron chi connectivity index (χ4n) is 6.34. The molecule has 2 bridgehead atoms. The number of aromatic hydroxyl groups is 1. The number of phenolic OH excluding ortho intramolecular Hbond substituents is 1. The Labute approximate surface area is 130 Å². The van der Waals surface area contributed by atoms with Gasteiger partial charge in [0.25, 0.3) is 0 Å². The molecule has 0 aromatic heterocycles. The molecule has 4 saturated carbocycles. The Kier molecular flexibility index (Phi) is 2.29. The maximum atomic E-state index is 11.4. The van der Waals surface area contributed by atoms with E-state index >= 15 is 0 Å². The van der Waals surface area contributed by atoms with Crippen LogP contribution in [0.1, 0.15) is 41.6 Å². The summed E-state index contributed by atoms with van der Waals surface area (Å²) in [7, 11) is 1.69. The predicted octanol–water partition coefficient (Wildman–Crippen LogP) is 3.63. The van der Waals surface area contributed by atoms with Crippen molar-refractivity contribution in [2.45, 2.75) is 25.7 Å². The summed E-state index contributed by atoms with van der Waals surface area (Å²) in [5, 5.41) is 9.84. The predicted molar refractivity (Wildman–Crippen MR) is 82.3 cm³/mol. The fourth-order valence-corrected chi connectivity index (χ4v) is 6.34. The Hall–Kier alpha value is -1.77. The van der Waals surface area contributed by atoms with Crippen LogP contribution >= 0.6 is 0 Å². The second kappa shape index (κ2) is 3.95. The lowest BCUT2D eigenvalue weighted by molar-refractivity contribution is -0.159. The lowest BCUT2D eigenvalue weighted by Gasteiger charge is -2.66. The van der Waals surface area contributed by atoms with Crippen LogP contribution in [0.25, 0.3) is 5.76 Å². The highest BCUT2D eigenvalue weighted by Crippen LogP contribution is 2.83. The van der Waals surface area contributed by atoms with E-state index in [4.69, 9.17) is 4.74 Å². The number of carbonyl (C=O) groups excluding carboxylic acids is 1. The van der Waals surface area contributed by atoms with Crippen molar-refractivity contribution < 1.29 is 14.6 Å². The van der Waals surface area contributed by atoms with Crippen molar-refractivity contribution in [3.05, 3.63) is 34.9 Å². The van der Waals surface area contributed by atoms with Gasteiger partial charge in [-0.05, 0) is 78.5 Å². The van der Waals surface area contributed by atoms with Crippen LogP contribution in [0.5, 0.6) is 5.75 Å². The van der Waals surface area contributed by atoms with Gasteiger partial charge in [-0.25, -0.2) is 0 Å². The number of phenols is 1. The van der Waals surface area contributed by atoms with E-state index in [9.17, 15) is 9.90 Å². The molecule has 22 heavy (non-hydrogen) atoms. The maximum absolute atomic E-state index is 11.4. The van der Waals surface area contributed by atoms with E-state index < -0.39 is 0 Å². The largest absolute Gasteiger partial charge is 0.508 e. The van der Waals surface area contributed by atoms with Crippen molar-refractivity contribution in [2.75, 3.05) is 7.11 Å². The van der Waals surface area contributed by atoms with Crippen molar-refractivity contribution in [3.8, 4) is 5.75 Å². The molecule has 4 fully saturated rings. The summed E-state index contributed by atoms with van der Waals surface area (Å²) in [4.78, 5) is 11.4. The van der Waals surface area contributed by atoms with Crippen LogP contribution in [0.2, 0.25) is 0 Å². The number of rotatable bonds is 3. The third kappa shape index (κ3) is 1.23. The summed E-state index contributed by atoms with van der Waals surface area (Å²) in [6, 6.07) is 4.91. The molecule has 4 aliphatic rings. The highest BCUT2D eigenvalue weighted by Gasteiger charge is 2.75. The van der Waals surface area contributed by atoms with E-state index in [2.05, 4.69) is 0 Å². The molecule has 3 heteroatoms. The standard InChI is InChI=1S/C19H20O3/c1-22-18(15-7-14(21)3-2-10(15)9-20)17-11-4-12-5-13-6-16(17)19(12,13)8-11/h2-3,7,9,11-13,16,21H,4-6,8H2,1H3. The number of benzene rings is 1. The summed E-state index contributed by atoms with van der Waals surface area (Å²) in [5.41, 5.74) is 3.38. The summed E-state index contributed by atoms with van der Waals surface area (Å²) in [6.07, 6.45) is 6.21. The van der Waals surface area contributed by atoms with Gasteiger partial charge in [0, 0.05) is 11.1 Å². The quantitative estimate of drug-likeness (QED) is 0.684. The Balaban J connectivity index is 1.67. The van der Waals surface area contributed by atoms with Crippen LogP contribution in [0.15, 0.2) is 23.8 Å². The normalized spacial score (nSPS) is 42.2. The second-order valence-corrected chi connectivity index (χ2v) is 7.54. The Morgan fingerprint density at radius 1 is 1.32 bits per heavy atom.